The van der Waals surface area contributed by atoms with Gasteiger partial charge < -0.3 is 19.6 Å². The number of nitrogens with zero attached hydrogens (tertiary/aromatic N) is 4. The number of morpholine rings is 1. The zero-order valence-electron chi connectivity index (χ0n) is 15.4. The van der Waals surface area contributed by atoms with E-state index in [1.807, 2.05) is 4.90 Å². The first-order valence-corrected chi connectivity index (χ1v) is 9.79. The average Bonchev–Trinajstić information content (AvgIpc) is 3.05. The van der Waals surface area contributed by atoms with E-state index in [9.17, 15) is 23.1 Å². The van der Waals surface area contributed by atoms with Crippen molar-refractivity contribution in [2.24, 2.45) is 0 Å². The molecule has 2 bridgehead atoms. The van der Waals surface area contributed by atoms with Crippen molar-refractivity contribution < 1.29 is 23.0 Å². The van der Waals surface area contributed by atoms with Gasteiger partial charge in [-0.05, 0) is 32.1 Å². The van der Waals surface area contributed by atoms with Crippen molar-refractivity contribution in [3.8, 4) is 0 Å². The summed E-state index contributed by atoms with van der Waals surface area (Å²) in [5.41, 5.74) is -1.21. The van der Waals surface area contributed by atoms with Gasteiger partial charge in [-0.2, -0.15) is 18.2 Å². The Morgan fingerprint density at radius 2 is 2.14 bits per heavy atom. The third-order valence-corrected chi connectivity index (χ3v) is 6.45. The number of fused-ring (bicyclic) bond motifs is 3. The number of alkyl halides is 3. The number of rotatable bonds is 4. The summed E-state index contributed by atoms with van der Waals surface area (Å²) in [6.07, 6.45) is -2.23. The molecule has 1 saturated carbocycles. The molecule has 1 aliphatic carbocycles. The van der Waals surface area contributed by atoms with Crippen LogP contribution < -0.4 is 15.4 Å². The number of hydrogen-bond acceptors (Lipinski definition) is 6. The molecule has 0 spiro atoms. The molecule has 1 N–H and O–H groups in total. The molecule has 3 fully saturated rings. The van der Waals surface area contributed by atoms with E-state index in [0.29, 0.717) is 31.8 Å². The van der Waals surface area contributed by atoms with E-state index < -0.39 is 17.8 Å². The van der Waals surface area contributed by atoms with Gasteiger partial charge in [0.05, 0.1) is 24.4 Å². The number of anilines is 2. The highest BCUT2D eigenvalue weighted by atomic mass is 19.4. The Bertz CT molecular complexity index is 838. The van der Waals surface area contributed by atoms with E-state index in [2.05, 4.69) is 4.98 Å². The molecule has 0 unspecified atom stereocenters. The summed E-state index contributed by atoms with van der Waals surface area (Å²) < 4.78 is 48.0. The summed E-state index contributed by atoms with van der Waals surface area (Å²) in [4.78, 5) is 20.3. The second-order valence-corrected chi connectivity index (χ2v) is 8.42. The highest BCUT2D eigenvalue weighted by Gasteiger charge is 2.49. The Kier molecular flexibility index (Phi) is 3.97. The molecular formula is C18H23F3N4O3. The van der Waals surface area contributed by atoms with Gasteiger partial charge in [0.2, 0.25) is 5.95 Å². The fraction of sp³-hybridized carbons (Fsp3) is 0.778. The fourth-order valence-corrected chi connectivity index (χ4v) is 4.60. The Balaban J connectivity index is 1.51. The summed E-state index contributed by atoms with van der Waals surface area (Å²) in [6.45, 7) is 1.16. The highest BCUT2D eigenvalue weighted by molar-refractivity contribution is 5.49. The van der Waals surface area contributed by atoms with Gasteiger partial charge >= 0.3 is 6.18 Å². The van der Waals surface area contributed by atoms with Gasteiger partial charge in [-0.3, -0.25) is 9.36 Å². The quantitative estimate of drug-likeness (QED) is 0.821. The van der Waals surface area contributed by atoms with Crippen LogP contribution in [0.25, 0.3) is 0 Å². The van der Waals surface area contributed by atoms with Crippen molar-refractivity contribution in [1.29, 1.82) is 0 Å². The van der Waals surface area contributed by atoms with Crippen LogP contribution in [0.3, 0.4) is 0 Å². The number of hydrogen-bond donors (Lipinski definition) is 1. The first kappa shape index (κ1) is 18.2. The first-order chi connectivity index (χ1) is 13.2. The Labute approximate surface area is 159 Å². The van der Waals surface area contributed by atoms with Gasteiger partial charge in [-0.1, -0.05) is 0 Å². The largest absolute Gasteiger partial charge is 0.408 e. The second kappa shape index (κ2) is 6.09. The smallest absolute Gasteiger partial charge is 0.390 e. The lowest BCUT2D eigenvalue weighted by molar-refractivity contribution is -0.153. The van der Waals surface area contributed by atoms with Crippen LogP contribution in [-0.4, -0.2) is 64.3 Å². The highest BCUT2D eigenvalue weighted by Crippen LogP contribution is 2.41. The lowest BCUT2D eigenvalue weighted by Crippen LogP contribution is -2.53. The van der Waals surface area contributed by atoms with Crippen LogP contribution in [0.4, 0.5) is 24.9 Å². The SMILES string of the molecule is O=c1cc(N2C[C@@H]3C[C@H]2CO3)nc2n1CC[C@@H](C(F)(F)F)N2CCC1(O)CC1. The minimum absolute atomic E-state index is 0.0123. The average molecular weight is 400 g/mol. The van der Waals surface area contributed by atoms with Crippen molar-refractivity contribution in [2.75, 3.05) is 29.5 Å². The van der Waals surface area contributed by atoms with E-state index in [-0.39, 0.29) is 49.6 Å². The molecule has 2 saturated heterocycles. The fourth-order valence-electron chi connectivity index (χ4n) is 4.60. The van der Waals surface area contributed by atoms with Crippen LogP contribution in [0.1, 0.15) is 32.1 Å². The first-order valence-electron chi connectivity index (χ1n) is 9.79. The topological polar surface area (TPSA) is 70.8 Å². The van der Waals surface area contributed by atoms with Crippen molar-refractivity contribution in [3.63, 3.8) is 0 Å². The van der Waals surface area contributed by atoms with Gasteiger partial charge in [-0.15, -0.1) is 0 Å². The number of aromatic nitrogens is 2. The third kappa shape index (κ3) is 3.06. The van der Waals surface area contributed by atoms with Gasteiger partial charge in [0.15, 0.2) is 0 Å². The van der Waals surface area contributed by atoms with Crippen molar-refractivity contribution >= 4 is 11.8 Å². The van der Waals surface area contributed by atoms with Crippen LogP contribution in [0, 0.1) is 0 Å². The van der Waals surface area contributed by atoms with Gasteiger partial charge in [0.25, 0.3) is 5.56 Å². The normalized spacial score (nSPS) is 30.6. The molecule has 10 heteroatoms. The zero-order chi connectivity index (χ0) is 19.7. The van der Waals surface area contributed by atoms with Crippen molar-refractivity contribution in [3.05, 3.63) is 16.4 Å². The monoisotopic (exact) mass is 400 g/mol. The van der Waals surface area contributed by atoms with Crippen molar-refractivity contribution in [1.82, 2.24) is 9.55 Å². The second-order valence-electron chi connectivity index (χ2n) is 8.42. The van der Waals surface area contributed by atoms with E-state index in [1.54, 1.807) is 0 Å². The number of ether oxygens (including phenoxy) is 1. The third-order valence-electron chi connectivity index (χ3n) is 6.45. The summed E-state index contributed by atoms with van der Waals surface area (Å²) in [6, 6.07) is -0.164. The molecule has 1 aromatic rings. The lowest BCUT2D eigenvalue weighted by Gasteiger charge is -2.40. The van der Waals surface area contributed by atoms with Gasteiger partial charge in [0.1, 0.15) is 11.9 Å². The summed E-state index contributed by atoms with van der Waals surface area (Å²) in [7, 11) is 0. The molecule has 154 valence electrons. The molecule has 0 radical (unpaired) electrons. The van der Waals surface area contributed by atoms with Crippen LogP contribution in [0.5, 0.6) is 0 Å². The molecule has 0 amide bonds. The lowest BCUT2D eigenvalue weighted by atomic mass is 10.1. The van der Waals surface area contributed by atoms with Crippen LogP contribution >= 0.6 is 0 Å². The number of halogens is 3. The van der Waals surface area contributed by atoms with Crippen molar-refractivity contribution in [2.45, 2.75) is 68.6 Å². The number of aliphatic hydroxyl groups is 1. The van der Waals surface area contributed by atoms with E-state index in [1.165, 1.54) is 15.5 Å². The minimum atomic E-state index is -4.42. The minimum Gasteiger partial charge on any atom is -0.390 e. The molecule has 28 heavy (non-hydrogen) atoms. The summed E-state index contributed by atoms with van der Waals surface area (Å²) in [5.74, 6) is 0.481. The van der Waals surface area contributed by atoms with E-state index in [4.69, 9.17) is 4.74 Å². The molecule has 3 atom stereocenters. The molecule has 1 aromatic heterocycles. The predicted molar refractivity (Wildman–Crippen MR) is 94.6 cm³/mol. The van der Waals surface area contributed by atoms with Crippen LogP contribution in [-0.2, 0) is 11.3 Å². The Morgan fingerprint density at radius 3 is 2.75 bits per heavy atom. The zero-order valence-corrected chi connectivity index (χ0v) is 15.4. The van der Waals surface area contributed by atoms with Crippen LogP contribution in [0.2, 0.25) is 0 Å². The maximum atomic E-state index is 13.7. The molecule has 5 rings (SSSR count). The Morgan fingerprint density at radius 1 is 1.36 bits per heavy atom. The maximum absolute atomic E-state index is 13.7. The molecule has 0 aromatic carbocycles. The Hall–Kier alpha value is -1.81. The molecule has 7 nitrogen and oxygen atoms in total. The van der Waals surface area contributed by atoms with Gasteiger partial charge in [0, 0.05) is 25.7 Å². The van der Waals surface area contributed by atoms with Gasteiger partial charge in [-0.25, -0.2) is 0 Å². The van der Waals surface area contributed by atoms with E-state index in [0.717, 1.165) is 6.42 Å². The predicted octanol–water partition coefficient (Wildman–Crippen LogP) is 1.28. The standard InChI is InChI=1S/C18H23F3N4O3/c19-18(20,21)13-1-5-24-15(26)8-14(25-9-12-7-11(25)10-28-12)22-16(24)23(13)6-4-17(27)2-3-17/h8,11-13,27H,1-7,9-10H2/t11-,12-,13-/m0/s1. The maximum Gasteiger partial charge on any atom is 0.408 e. The summed E-state index contributed by atoms with van der Waals surface area (Å²) in [5, 5.41) is 10.1. The van der Waals surface area contributed by atoms with E-state index >= 15 is 0 Å². The molecule has 3 aliphatic heterocycles. The van der Waals surface area contributed by atoms with Crippen LogP contribution in [0.15, 0.2) is 10.9 Å². The molecule has 4 heterocycles. The summed E-state index contributed by atoms with van der Waals surface area (Å²) >= 11 is 0. The molecular weight excluding hydrogens is 377 g/mol. The molecule has 4 aliphatic rings.